The van der Waals surface area contributed by atoms with E-state index < -0.39 is 6.17 Å². The van der Waals surface area contributed by atoms with E-state index in [-0.39, 0.29) is 10.3 Å². The van der Waals surface area contributed by atoms with Crippen molar-refractivity contribution in [1.82, 2.24) is 20.2 Å². The number of nitrogen functional groups attached to an aromatic ring is 1. The van der Waals surface area contributed by atoms with E-state index in [1.165, 1.54) is 4.88 Å². The van der Waals surface area contributed by atoms with Crippen molar-refractivity contribution in [2.45, 2.75) is 53.9 Å². The van der Waals surface area contributed by atoms with E-state index in [0.717, 1.165) is 68.4 Å². The largest absolute Gasteiger partial charge is 0.486 e. The molecule has 0 aromatic carbocycles. The van der Waals surface area contributed by atoms with Crippen LogP contribution < -0.4 is 30.3 Å². The Kier molecular flexibility index (Phi) is 5.82. The number of rotatable bonds is 4. The van der Waals surface area contributed by atoms with Crippen LogP contribution in [-0.4, -0.2) is 91.6 Å². The molecule has 3 N–H and O–H groups in total. The van der Waals surface area contributed by atoms with Gasteiger partial charge >= 0.3 is 6.01 Å². The topological polar surface area (TPSA) is 116 Å². The highest BCUT2D eigenvalue weighted by atomic mass is 32.2. The second-order valence-electron chi connectivity index (χ2n) is 11.9. The Bertz CT molecular complexity index is 1390. The van der Waals surface area contributed by atoms with Crippen LogP contribution >= 0.6 is 23.1 Å². The number of alkyl halides is 1. The van der Waals surface area contributed by atoms with Gasteiger partial charge in [0.1, 0.15) is 23.8 Å². The number of piperazine rings is 1. The molecular formula is C27H33FN8O2S2. The molecule has 2 aromatic heterocycles. The maximum Gasteiger partial charge on any atom is 0.320 e. The van der Waals surface area contributed by atoms with Gasteiger partial charge in [-0.25, -0.2) is 4.39 Å². The Morgan fingerprint density at radius 2 is 2.15 bits per heavy atom. The first-order chi connectivity index (χ1) is 19.5. The lowest BCUT2D eigenvalue weighted by atomic mass is 9.88. The predicted octanol–water partition coefficient (Wildman–Crippen LogP) is 2.47. The molecule has 2 aromatic rings. The predicted molar refractivity (Wildman–Crippen MR) is 153 cm³/mol. The number of nitrogens with two attached hydrogens (primary N) is 1. The van der Waals surface area contributed by atoms with E-state index in [2.05, 4.69) is 26.1 Å². The Morgan fingerprint density at radius 3 is 3.02 bits per heavy atom. The lowest BCUT2D eigenvalue weighted by molar-refractivity contribution is 0.107. The number of nitriles is 1. The van der Waals surface area contributed by atoms with Gasteiger partial charge < -0.3 is 30.3 Å². The SMILES string of the molecule is N#Cc1c(N)sc2c1C1(CN(c3nc(OC[C@@]45CCCN4C[C@H](F)C5)nc4c3OCCC3CNCCN43)C1)SC2. The van der Waals surface area contributed by atoms with Crippen molar-refractivity contribution in [3.05, 3.63) is 16.0 Å². The van der Waals surface area contributed by atoms with Crippen LogP contribution in [0.25, 0.3) is 0 Å². The highest BCUT2D eigenvalue weighted by Crippen LogP contribution is 2.59. The molecule has 4 fully saturated rings. The quantitative estimate of drug-likeness (QED) is 0.552. The Hall–Kier alpha value is -2.53. The molecule has 1 spiro atoms. The molecule has 6 aliphatic heterocycles. The van der Waals surface area contributed by atoms with Crippen LogP contribution in [-0.2, 0) is 10.5 Å². The molecule has 4 saturated heterocycles. The van der Waals surface area contributed by atoms with Gasteiger partial charge in [0.25, 0.3) is 0 Å². The molecule has 0 bridgehead atoms. The third-order valence-corrected chi connectivity index (χ3v) is 12.3. The molecule has 8 rings (SSSR count). The minimum atomic E-state index is -0.807. The molecule has 8 heterocycles. The van der Waals surface area contributed by atoms with E-state index in [1.807, 2.05) is 11.8 Å². The average Bonchev–Trinajstić information content (AvgIpc) is 3.62. The van der Waals surface area contributed by atoms with Crippen LogP contribution in [0.5, 0.6) is 11.8 Å². The molecule has 3 atom stereocenters. The second kappa shape index (κ2) is 9.24. The zero-order chi connectivity index (χ0) is 27.1. The summed E-state index contributed by atoms with van der Waals surface area (Å²) in [5.41, 5.74) is 7.69. The minimum Gasteiger partial charge on any atom is -0.486 e. The van der Waals surface area contributed by atoms with Gasteiger partial charge in [0, 0.05) is 74.3 Å². The number of hydrogen-bond donors (Lipinski definition) is 2. The second-order valence-corrected chi connectivity index (χ2v) is 14.4. The van der Waals surface area contributed by atoms with E-state index in [4.69, 9.17) is 25.2 Å². The van der Waals surface area contributed by atoms with Crippen LogP contribution in [0.15, 0.2) is 0 Å². The van der Waals surface area contributed by atoms with Crippen LogP contribution in [0, 0.1) is 11.3 Å². The number of thioether (sulfide) groups is 1. The summed E-state index contributed by atoms with van der Waals surface area (Å²) in [5.74, 6) is 3.13. The number of halogens is 1. The molecule has 13 heteroatoms. The van der Waals surface area contributed by atoms with Crippen LogP contribution in [0.4, 0.5) is 21.0 Å². The van der Waals surface area contributed by atoms with Crippen molar-refractivity contribution in [1.29, 1.82) is 5.26 Å². The third kappa shape index (κ3) is 3.72. The third-order valence-electron chi connectivity index (χ3n) is 9.61. The summed E-state index contributed by atoms with van der Waals surface area (Å²) < 4.78 is 27.0. The summed E-state index contributed by atoms with van der Waals surface area (Å²) in [6.45, 7) is 6.43. The maximum atomic E-state index is 14.4. The fraction of sp³-hybridized carbons (Fsp3) is 0.667. The minimum absolute atomic E-state index is 0.168. The van der Waals surface area contributed by atoms with Crippen molar-refractivity contribution in [2.75, 3.05) is 74.6 Å². The molecule has 0 aliphatic carbocycles. The van der Waals surface area contributed by atoms with Gasteiger partial charge in [-0.05, 0) is 19.4 Å². The van der Waals surface area contributed by atoms with Gasteiger partial charge in [0.2, 0.25) is 5.75 Å². The molecular weight excluding hydrogens is 551 g/mol. The van der Waals surface area contributed by atoms with E-state index in [9.17, 15) is 9.65 Å². The summed E-state index contributed by atoms with van der Waals surface area (Å²) in [6, 6.07) is 2.98. The number of fused-ring (bicyclic) bond motifs is 6. The van der Waals surface area contributed by atoms with Crippen molar-refractivity contribution >= 4 is 39.7 Å². The van der Waals surface area contributed by atoms with E-state index in [0.29, 0.717) is 67.6 Å². The standard InChI is InChI=1S/C27H33FN8O2S2/c28-16-8-26(3-1-5-35(26)11-16)15-38-25-32-23(21-24(33-25)36-6-4-31-10-17(36)2-7-37-21)34-13-27(14-34)20-18(9-29)22(30)40-19(20)12-39-27/h16-17,31H,1-8,10-15,30H2/t16-,17?,26+/m1/s1. The van der Waals surface area contributed by atoms with Crippen molar-refractivity contribution < 1.29 is 13.9 Å². The Labute approximate surface area is 241 Å². The molecule has 6 aliphatic rings. The van der Waals surface area contributed by atoms with Gasteiger partial charge in [-0.2, -0.15) is 15.2 Å². The zero-order valence-corrected chi connectivity index (χ0v) is 24.0. The lowest BCUT2D eigenvalue weighted by Crippen LogP contribution is -2.57. The summed E-state index contributed by atoms with van der Waals surface area (Å²) in [5, 5.41) is 14.0. The highest BCUT2D eigenvalue weighted by Gasteiger charge is 2.54. The maximum absolute atomic E-state index is 14.4. The number of anilines is 3. The summed E-state index contributed by atoms with van der Waals surface area (Å²) in [4.78, 5) is 17.9. The van der Waals surface area contributed by atoms with Crippen molar-refractivity contribution in [3.8, 4) is 17.8 Å². The molecule has 0 saturated carbocycles. The monoisotopic (exact) mass is 584 g/mol. The normalized spacial score (nSPS) is 30.1. The number of thiophene rings is 1. The summed E-state index contributed by atoms with van der Waals surface area (Å²) in [7, 11) is 0. The molecule has 0 amide bonds. The van der Waals surface area contributed by atoms with Gasteiger partial charge in [-0.3, -0.25) is 4.90 Å². The highest BCUT2D eigenvalue weighted by molar-refractivity contribution is 8.00. The van der Waals surface area contributed by atoms with Crippen molar-refractivity contribution in [3.63, 3.8) is 0 Å². The molecule has 1 unspecified atom stereocenters. The lowest BCUT2D eigenvalue weighted by Gasteiger charge is -2.49. The van der Waals surface area contributed by atoms with Crippen LogP contribution in [0.2, 0.25) is 0 Å². The summed E-state index contributed by atoms with van der Waals surface area (Å²) in [6.07, 6.45) is 2.60. The zero-order valence-electron chi connectivity index (χ0n) is 22.3. The van der Waals surface area contributed by atoms with E-state index >= 15 is 0 Å². The van der Waals surface area contributed by atoms with Gasteiger partial charge in [0.15, 0.2) is 11.6 Å². The molecule has 212 valence electrons. The van der Waals surface area contributed by atoms with Gasteiger partial charge in [0.05, 0.1) is 22.5 Å². The van der Waals surface area contributed by atoms with Crippen LogP contribution in [0.1, 0.15) is 41.7 Å². The smallest absolute Gasteiger partial charge is 0.320 e. The number of hydrogen-bond acceptors (Lipinski definition) is 12. The number of nitrogens with zero attached hydrogens (tertiary/aromatic N) is 6. The first kappa shape index (κ1) is 25.2. The van der Waals surface area contributed by atoms with Crippen LogP contribution in [0.3, 0.4) is 0 Å². The fourth-order valence-electron chi connectivity index (χ4n) is 7.69. The van der Waals surface area contributed by atoms with E-state index in [1.54, 1.807) is 11.3 Å². The number of nitrogens with one attached hydrogen (secondary N) is 1. The molecule has 10 nitrogen and oxygen atoms in total. The first-order valence-electron chi connectivity index (χ1n) is 14.2. The Balaban J connectivity index is 1.13. The number of ether oxygens (including phenoxy) is 2. The average molecular weight is 585 g/mol. The molecule has 40 heavy (non-hydrogen) atoms. The fourth-order valence-corrected chi connectivity index (χ4v) is 10.5. The Morgan fingerprint density at radius 1 is 1.27 bits per heavy atom. The van der Waals surface area contributed by atoms with Gasteiger partial charge in [-0.1, -0.05) is 0 Å². The molecule has 0 radical (unpaired) electrons. The van der Waals surface area contributed by atoms with Gasteiger partial charge in [-0.15, -0.1) is 23.1 Å². The van der Waals surface area contributed by atoms with Crippen molar-refractivity contribution in [2.24, 2.45) is 0 Å². The first-order valence-corrected chi connectivity index (χ1v) is 16.0. The summed E-state index contributed by atoms with van der Waals surface area (Å²) >= 11 is 3.44. The number of aromatic nitrogens is 2.